The standard InChI is InChI=1S/C21H18/c1-4-10-16-11-5-2-9-15-20-18-13-7-3-6-12-17(18)19(14-8-1)21(16)20/h1,3-8,10-12,14-15H,2,9,13H2/b4-1-,8-1?,10-4?,11-5-,14-8-,16-10-,19-14?,20-15-,21-16?. The molecule has 0 aromatic carbocycles. The fourth-order valence-electron chi connectivity index (χ4n) is 3.41. The molecule has 4 aliphatic rings. The average Bonchev–Trinajstić information content (AvgIpc) is 2.63. The molecule has 0 aromatic heterocycles. The van der Waals surface area contributed by atoms with Gasteiger partial charge in [-0.05, 0) is 52.7 Å². The van der Waals surface area contributed by atoms with Crippen molar-refractivity contribution >= 4 is 0 Å². The zero-order valence-corrected chi connectivity index (χ0v) is 12.0. The zero-order valence-electron chi connectivity index (χ0n) is 12.0. The lowest BCUT2D eigenvalue weighted by atomic mass is 9.89. The highest BCUT2D eigenvalue weighted by Gasteiger charge is 2.28. The summed E-state index contributed by atoms with van der Waals surface area (Å²) >= 11 is 0. The van der Waals surface area contributed by atoms with Gasteiger partial charge in [0.2, 0.25) is 0 Å². The molecule has 0 spiro atoms. The molecule has 0 bridgehead atoms. The van der Waals surface area contributed by atoms with E-state index in [4.69, 9.17) is 0 Å². The van der Waals surface area contributed by atoms with E-state index < -0.39 is 0 Å². The first-order valence-electron chi connectivity index (χ1n) is 7.69. The van der Waals surface area contributed by atoms with Crippen LogP contribution in [0.5, 0.6) is 0 Å². The number of hydrogen-bond acceptors (Lipinski definition) is 0. The van der Waals surface area contributed by atoms with Crippen molar-refractivity contribution in [2.45, 2.75) is 19.3 Å². The summed E-state index contributed by atoms with van der Waals surface area (Å²) in [7, 11) is 0. The minimum Gasteiger partial charge on any atom is -0.0836 e. The van der Waals surface area contributed by atoms with Gasteiger partial charge in [-0.3, -0.25) is 0 Å². The minimum atomic E-state index is 1.03. The maximum Gasteiger partial charge on any atom is -0.00329 e. The van der Waals surface area contributed by atoms with Gasteiger partial charge >= 0.3 is 0 Å². The van der Waals surface area contributed by atoms with E-state index in [1.807, 2.05) is 0 Å². The monoisotopic (exact) mass is 270 g/mol. The number of allylic oxidation sites excluding steroid dienone is 18. The van der Waals surface area contributed by atoms with Gasteiger partial charge in [0.1, 0.15) is 0 Å². The fraction of sp³-hybridized carbons (Fsp3) is 0.143. The van der Waals surface area contributed by atoms with Gasteiger partial charge in [-0.25, -0.2) is 0 Å². The predicted molar refractivity (Wildman–Crippen MR) is 89.8 cm³/mol. The summed E-state index contributed by atoms with van der Waals surface area (Å²) in [6.07, 6.45) is 30.0. The van der Waals surface area contributed by atoms with Gasteiger partial charge in [-0.15, -0.1) is 0 Å². The molecule has 4 rings (SSSR count). The van der Waals surface area contributed by atoms with Crippen LogP contribution in [0.4, 0.5) is 0 Å². The highest BCUT2D eigenvalue weighted by Crippen LogP contribution is 2.45. The van der Waals surface area contributed by atoms with E-state index in [9.17, 15) is 0 Å². The minimum absolute atomic E-state index is 1.03. The Bertz CT molecular complexity index is 750. The summed E-state index contributed by atoms with van der Waals surface area (Å²) < 4.78 is 0. The summed E-state index contributed by atoms with van der Waals surface area (Å²) in [5, 5.41) is 0. The van der Waals surface area contributed by atoms with Gasteiger partial charge in [0.15, 0.2) is 0 Å². The topological polar surface area (TPSA) is 0 Å². The average molecular weight is 270 g/mol. The third-order valence-corrected chi connectivity index (χ3v) is 4.34. The Labute approximate surface area is 126 Å². The molecule has 102 valence electrons. The molecule has 0 heterocycles. The Morgan fingerprint density at radius 3 is 2.62 bits per heavy atom. The molecule has 0 heteroatoms. The molecular weight excluding hydrogens is 252 g/mol. The van der Waals surface area contributed by atoms with E-state index in [1.165, 1.54) is 33.4 Å². The molecule has 0 atom stereocenters. The largest absolute Gasteiger partial charge is 0.0836 e. The van der Waals surface area contributed by atoms with Crippen LogP contribution in [0.2, 0.25) is 0 Å². The molecule has 0 unspecified atom stereocenters. The molecule has 21 heavy (non-hydrogen) atoms. The van der Waals surface area contributed by atoms with Gasteiger partial charge in [0, 0.05) is 0 Å². The second-order valence-corrected chi connectivity index (χ2v) is 5.64. The fourth-order valence-corrected chi connectivity index (χ4v) is 3.41. The van der Waals surface area contributed by atoms with Gasteiger partial charge < -0.3 is 0 Å². The molecular formula is C21H18. The van der Waals surface area contributed by atoms with Crippen molar-refractivity contribution in [2.75, 3.05) is 0 Å². The Hall–Kier alpha value is -2.34. The lowest BCUT2D eigenvalue weighted by Gasteiger charge is -2.14. The van der Waals surface area contributed by atoms with Crippen LogP contribution in [-0.2, 0) is 0 Å². The summed E-state index contributed by atoms with van der Waals surface area (Å²) in [6.45, 7) is 0. The van der Waals surface area contributed by atoms with Crippen molar-refractivity contribution in [1.82, 2.24) is 0 Å². The van der Waals surface area contributed by atoms with Crippen LogP contribution in [0.15, 0.2) is 106 Å². The molecule has 0 saturated heterocycles. The highest BCUT2D eigenvalue weighted by atomic mass is 14.3. The van der Waals surface area contributed by atoms with Crippen molar-refractivity contribution < 1.29 is 0 Å². The molecule has 0 aromatic rings. The summed E-state index contributed by atoms with van der Waals surface area (Å²) in [5.74, 6) is 0. The number of fused-ring (bicyclic) bond motifs is 2. The van der Waals surface area contributed by atoms with E-state index >= 15 is 0 Å². The Kier molecular flexibility index (Phi) is 3.08. The van der Waals surface area contributed by atoms with E-state index in [0.717, 1.165) is 19.3 Å². The van der Waals surface area contributed by atoms with Crippen LogP contribution in [0, 0.1) is 0 Å². The van der Waals surface area contributed by atoms with E-state index in [1.54, 1.807) is 0 Å². The van der Waals surface area contributed by atoms with Crippen LogP contribution in [0.1, 0.15) is 19.3 Å². The smallest absolute Gasteiger partial charge is 0.00329 e. The van der Waals surface area contributed by atoms with Gasteiger partial charge in [0.05, 0.1) is 0 Å². The van der Waals surface area contributed by atoms with Crippen molar-refractivity contribution in [2.24, 2.45) is 0 Å². The first-order chi connectivity index (χ1) is 10.4. The maximum absolute atomic E-state index is 2.43. The Balaban J connectivity index is 1.99. The van der Waals surface area contributed by atoms with E-state index in [0.29, 0.717) is 0 Å². The lowest BCUT2D eigenvalue weighted by molar-refractivity contribution is 1.03. The van der Waals surface area contributed by atoms with Gasteiger partial charge in [-0.2, -0.15) is 0 Å². The second-order valence-electron chi connectivity index (χ2n) is 5.64. The molecule has 0 saturated carbocycles. The molecule has 0 N–H and O–H groups in total. The first-order valence-corrected chi connectivity index (χ1v) is 7.69. The Morgan fingerprint density at radius 1 is 0.714 bits per heavy atom. The SMILES string of the molecule is C1=CCC2=C(C=C1)C1=C3C(=C\C=C/C=C\1)/C=C\CC/C=C/23. The molecule has 0 aliphatic heterocycles. The van der Waals surface area contributed by atoms with Crippen LogP contribution in [-0.4, -0.2) is 0 Å². The molecule has 0 amide bonds. The molecule has 0 nitrogen and oxygen atoms in total. The van der Waals surface area contributed by atoms with Crippen molar-refractivity contribution in [3.05, 3.63) is 106 Å². The second kappa shape index (κ2) is 5.21. The molecule has 0 radical (unpaired) electrons. The molecule has 0 fully saturated rings. The normalized spacial score (nSPS) is 32.4. The lowest BCUT2D eigenvalue weighted by Crippen LogP contribution is -1.96. The Morgan fingerprint density at radius 2 is 1.62 bits per heavy atom. The third kappa shape index (κ3) is 2.08. The van der Waals surface area contributed by atoms with Crippen LogP contribution in [0.25, 0.3) is 0 Å². The number of rotatable bonds is 0. The maximum atomic E-state index is 2.43. The first kappa shape index (κ1) is 12.4. The van der Waals surface area contributed by atoms with Crippen LogP contribution < -0.4 is 0 Å². The predicted octanol–water partition coefficient (Wildman–Crippen LogP) is 5.44. The summed E-state index contributed by atoms with van der Waals surface area (Å²) in [5.41, 5.74) is 8.45. The van der Waals surface area contributed by atoms with Gasteiger partial charge in [-0.1, -0.05) is 72.9 Å². The quantitative estimate of drug-likeness (QED) is 0.550. The van der Waals surface area contributed by atoms with Crippen LogP contribution in [0.3, 0.4) is 0 Å². The third-order valence-electron chi connectivity index (χ3n) is 4.34. The van der Waals surface area contributed by atoms with E-state index in [-0.39, 0.29) is 0 Å². The van der Waals surface area contributed by atoms with Gasteiger partial charge in [0.25, 0.3) is 0 Å². The van der Waals surface area contributed by atoms with Crippen molar-refractivity contribution in [3.8, 4) is 0 Å². The number of hydrogen-bond donors (Lipinski definition) is 0. The zero-order chi connectivity index (χ0) is 14.1. The summed E-state index contributed by atoms with van der Waals surface area (Å²) in [4.78, 5) is 0. The van der Waals surface area contributed by atoms with Crippen molar-refractivity contribution in [3.63, 3.8) is 0 Å². The summed E-state index contributed by atoms with van der Waals surface area (Å²) in [6, 6.07) is 0. The van der Waals surface area contributed by atoms with E-state index in [2.05, 4.69) is 72.9 Å². The highest BCUT2D eigenvalue weighted by molar-refractivity contribution is 5.77. The van der Waals surface area contributed by atoms with Crippen molar-refractivity contribution in [1.29, 1.82) is 0 Å². The van der Waals surface area contributed by atoms with Crippen LogP contribution >= 0.6 is 0 Å². The molecule has 4 aliphatic carbocycles.